The maximum Gasteiger partial charge on any atom is 0.150 e. The number of para-hydroxylation sites is 1. The summed E-state index contributed by atoms with van der Waals surface area (Å²) in [6.07, 6.45) is 1.29. The Morgan fingerprint density at radius 3 is 2.12 bits per heavy atom. The van der Waals surface area contributed by atoms with Gasteiger partial charge in [0.25, 0.3) is 0 Å². The molecular weight excluding hydrogens is 216 g/mol. The molecule has 0 saturated carbocycles. The Hall–Kier alpha value is -2.42. The first kappa shape index (κ1) is 11.1. The fraction of sp³-hybridized carbons (Fsp3) is 0. The molecule has 0 amide bonds. The molecule has 3 heteroatoms. The van der Waals surface area contributed by atoms with Gasteiger partial charge in [0, 0.05) is 11.1 Å². The van der Waals surface area contributed by atoms with Crippen molar-refractivity contribution in [3.63, 3.8) is 0 Å². The molecule has 0 radical (unpaired) electrons. The third-order valence-electron chi connectivity index (χ3n) is 2.29. The van der Waals surface area contributed by atoms with Crippen LogP contribution >= 0.6 is 0 Å². The van der Waals surface area contributed by atoms with Crippen LogP contribution in [-0.4, -0.2) is 12.6 Å². The van der Waals surface area contributed by atoms with E-state index in [9.17, 15) is 9.59 Å². The van der Waals surface area contributed by atoms with Crippen molar-refractivity contribution in [2.24, 2.45) is 0 Å². The monoisotopic (exact) mass is 226 g/mol. The molecule has 2 aromatic rings. The van der Waals surface area contributed by atoms with Crippen molar-refractivity contribution in [1.29, 1.82) is 0 Å². The third-order valence-corrected chi connectivity index (χ3v) is 2.29. The second kappa shape index (κ2) is 5.07. The average Bonchev–Trinajstić information content (AvgIpc) is 2.40. The van der Waals surface area contributed by atoms with Crippen LogP contribution in [0.2, 0.25) is 0 Å². The molecule has 84 valence electrons. The summed E-state index contributed by atoms with van der Waals surface area (Å²) in [5, 5.41) is 0. The summed E-state index contributed by atoms with van der Waals surface area (Å²) >= 11 is 0. The predicted molar refractivity (Wildman–Crippen MR) is 63.7 cm³/mol. The van der Waals surface area contributed by atoms with Gasteiger partial charge in [-0.15, -0.1) is 0 Å². The van der Waals surface area contributed by atoms with Crippen molar-refractivity contribution in [1.82, 2.24) is 0 Å². The highest BCUT2D eigenvalue weighted by Crippen LogP contribution is 2.22. The fourth-order valence-corrected chi connectivity index (χ4v) is 1.45. The zero-order valence-electron chi connectivity index (χ0n) is 9.00. The number of hydrogen-bond donors (Lipinski definition) is 0. The van der Waals surface area contributed by atoms with E-state index >= 15 is 0 Å². The van der Waals surface area contributed by atoms with Crippen LogP contribution in [0.15, 0.2) is 48.5 Å². The van der Waals surface area contributed by atoms with E-state index in [0.29, 0.717) is 35.2 Å². The van der Waals surface area contributed by atoms with Gasteiger partial charge >= 0.3 is 0 Å². The van der Waals surface area contributed by atoms with Gasteiger partial charge in [0.2, 0.25) is 0 Å². The van der Waals surface area contributed by atoms with Crippen LogP contribution in [0.3, 0.4) is 0 Å². The van der Waals surface area contributed by atoms with Gasteiger partial charge < -0.3 is 4.74 Å². The SMILES string of the molecule is O=Cc1ccc(Oc2ccccc2)cc1C=O. The Morgan fingerprint density at radius 2 is 1.47 bits per heavy atom. The molecule has 0 heterocycles. The molecular formula is C14H10O3. The minimum atomic E-state index is 0.327. The maximum atomic E-state index is 10.8. The van der Waals surface area contributed by atoms with Gasteiger partial charge in [-0.2, -0.15) is 0 Å². The number of hydrogen-bond acceptors (Lipinski definition) is 3. The second-order valence-electron chi connectivity index (χ2n) is 3.44. The number of rotatable bonds is 4. The number of benzene rings is 2. The lowest BCUT2D eigenvalue weighted by Crippen LogP contribution is -1.92. The predicted octanol–water partition coefficient (Wildman–Crippen LogP) is 3.10. The molecule has 0 fully saturated rings. The van der Waals surface area contributed by atoms with Crippen LogP contribution in [0.4, 0.5) is 0 Å². The van der Waals surface area contributed by atoms with Gasteiger partial charge in [-0.1, -0.05) is 18.2 Å². The quantitative estimate of drug-likeness (QED) is 0.752. The molecule has 2 aromatic carbocycles. The lowest BCUT2D eigenvalue weighted by atomic mass is 10.1. The van der Waals surface area contributed by atoms with Crippen LogP contribution in [0.1, 0.15) is 20.7 Å². The highest BCUT2D eigenvalue weighted by molar-refractivity contribution is 5.90. The minimum absolute atomic E-state index is 0.327. The minimum Gasteiger partial charge on any atom is -0.457 e. The largest absolute Gasteiger partial charge is 0.457 e. The molecule has 0 aliphatic heterocycles. The third kappa shape index (κ3) is 2.58. The second-order valence-corrected chi connectivity index (χ2v) is 3.44. The molecule has 0 aromatic heterocycles. The molecule has 0 atom stereocenters. The van der Waals surface area contributed by atoms with E-state index in [1.807, 2.05) is 30.3 Å². The summed E-state index contributed by atoms with van der Waals surface area (Å²) in [6.45, 7) is 0. The van der Waals surface area contributed by atoms with E-state index in [0.717, 1.165) is 0 Å². The molecule has 0 N–H and O–H groups in total. The Bertz CT molecular complexity index is 532. The first-order valence-corrected chi connectivity index (χ1v) is 5.11. The van der Waals surface area contributed by atoms with Gasteiger partial charge in [-0.25, -0.2) is 0 Å². The van der Waals surface area contributed by atoms with Crippen molar-refractivity contribution < 1.29 is 14.3 Å². The van der Waals surface area contributed by atoms with Crippen LogP contribution < -0.4 is 4.74 Å². The molecule has 0 bridgehead atoms. The van der Waals surface area contributed by atoms with Gasteiger partial charge in [0.1, 0.15) is 11.5 Å². The van der Waals surface area contributed by atoms with E-state index in [1.54, 1.807) is 18.2 Å². The van der Waals surface area contributed by atoms with E-state index in [-0.39, 0.29) is 0 Å². The van der Waals surface area contributed by atoms with Gasteiger partial charge in [0.05, 0.1) is 0 Å². The highest BCUT2D eigenvalue weighted by Gasteiger charge is 2.03. The lowest BCUT2D eigenvalue weighted by Gasteiger charge is -2.06. The van der Waals surface area contributed by atoms with Crippen LogP contribution in [0.25, 0.3) is 0 Å². The standard InChI is InChI=1S/C14H10O3/c15-9-11-6-7-14(8-12(11)10-16)17-13-4-2-1-3-5-13/h1-10H. The van der Waals surface area contributed by atoms with Crippen molar-refractivity contribution in [3.8, 4) is 11.5 Å². The van der Waals surface area contributed by atoms with Gasteiger partial charge in [-0.05, 0) is 30.3 Å². The molecule has 3 nitrogen and oxygen atoms in total. The van der Waals surface area contributed by atoms with Crippen LogP contribution in [0.5, 0.6) is 11.5 Å². The zero-order valence-corrected chi connectivity index (χ0v) is 9.00. The summed E-state index contributed by atoms with van der Waals surface area (Å²) in [7, 11) is 0. The Kier molecular flexibility index (Phi) is 3.31. The molecule has 0 aliphatic carbocycles. The summed E-state index contributed by atoms with van der Waals surface area (Å²) in [5.74, 6) is 1.21. The molecule has 0 saturated heterocycles. The Morgan fingerprint density at radius 1 is 0.765 bits per heavy atom. The van der Waals surface area contributed by atoms with Gasteiger partial charge in [0.15, 0.2) is 12.6 Å². The molecule has 0 spiro atoms. The normalized spacial score (nSPS) is 9.65. The molecule has 0 aliphatic rings. The number of aldehydes is 2. The first-order valence-electron chi connectivity index (χ1n) is 5.11. The average molecular weight is 226 g/mol. The maximum absolute atomic E-state index is 10.8. The number of carbonyl (C=O) groups is 2. The summed E-state index contributed by atoms with van der Waals surface area (Å²) in [4.78, 5) is 21.4. The topological polar surface area (TPSA) is 43.4 Å². The summed E-state index contributed by atoms with van der Waals surface area (Å²) in [5.41, 5.74) is 0.689. The summed E-state index contributed by atoms with van der Waals surface area (Å²) < 4.78 is 5.55. The van der Waals surface area contributed by atoms with E-state index in [4.69, 9.17) is 4.74 Å². The zero-order chi connectivity index (χ0) is 12.1. The number of ether oxygens (including phenoxy) is 1. The van der Waals surface area contributed by atoms with E-state index in [2.05, 4.69) is 0 Å². The van der Waals surface area contributed by atoms with Crippen LogP contribution in [-0.2, 0) is 0 Å². The van der Waals surface area contributed by atoms with Crippen LogP contribution in [0, 0.1) is 0 Å². The lowest BCUT2D eigenvalue weighted by molar-refractivity contribution is 0.109. The Labute approximate surface area is 98.7 Å². The Balaban J connectivity index is 2.28. The molecule has 0 unspecified atom stereocenters. The van der Waals surface area contributed by atoms with Crippen molar-refractivity contribution >= 4 is 12.6 Å². The highest BCUT2D eigenvalue weighted by atomic mass is 16.5. The van der Waals surface area contributed by atoms with Crippen molar-refractivity contribution in [2.45, 2.75) is 0 Å². The van der Waals surface area contributed by atoms with E-state index < -0.39 is 0 Å². The fourth-order valence-electron chi connectivity index (χ4n) is 1.45. The van der Waals surface area contributed by atoms with Crippen molar-refractivity contribution in [3.05, 3.63) is 59.7 Å². The van der Waals surface area contributed by atoms with Crippen molar-refractivity contribution in [2.75, 3.05) is 0 Å². The molecule has 17 heavy (non-hydrogen) atoms. The first-order chi connectivity index (χ1) is 8.33. The van der Waals surface area contributed by atoms with Gasteiger partial charge in [-0.3, -0.25) is 9.59 Å². The summed E-state index contributed by atoms with van der Waals surface area (Å²) in [6, 6.07) is 14.0. The smallest absolute Gasteiger partial charge is 0.150 e. The molecule has 2 rings (SSSR count). The van der Waals surface area contributed by atoms with E-state index in [1.165, 1.54) is 0 Å². The number of carbonyl (C=O) groups excluding carboxylic acids is 2.